The van der Waals surface area contributed by atoms with Crippen LogP contribution in [0.15, 0.2) is 0 Å². The van der Waals surface area contributed by atoms with Crippen molar-refractivity contribution in [1.82, 2.24) is 4.90 Å². The Morgan fingerprint density at radius 1 is 1.00 bits per heavy atom. The van der Waals surface area contributed by atoms with Gasteiger partial charge in [0.05, 0.1) is 26.2 Å². The largest absolute Gasteiger partial charge is 0.266 e. The fourth-order valence-corrected chi connectivity index (χ4v) is 2.06. The topological polar surface area (TPSA) is 6.25 Å². The predicted molar refractivity (Wildman–Crippen MR) is 50.7 cm³/mol. The van der Waals surface area contributed by atoms with Crippen molar-refractivity contribution in [1.29, 1.82) is 0 Å². The fourth-order valence-electron chi connectivity index (χ4n) is 2.06. The van der Waals surface area contributed by atoms with Gasteiger partial charge in [-0.25, -0.2) is 0 Å². The van der Waals surface area contributed by atoms with Crippen molar-refractivity contribution in [3.63, 3.8) is 0 Å². The number of hydrogen-bond acceptors (Lipinski definition) is 0. The van der Waals surface area contributed by atoms with Crippen LogP contribution in [-0.2, 0) is 0 Å². The molecule has 0 spiro atoms. The molecule has 2 aliphatic heterocycles. The van der Waals surface area contributed by atoms with E-state index < -0.39 is 0 Å². The van der Waals surface area contributed by atoms with Crippen LogP contribution < -0.4 is 0 Å². The molecule has 0 radical (unpaired) electrons. The first-order valence-electron chi connectivity index (χ1n) is 5.21. The van der Waals surface area contributed by atoms with Gasteiger partial charge in [-0.1, -0.05) is 0 Å². The standard InChI is InChI=1S/C10H19N2/c1-10(12-8-5-9-12)11-6-3-2-4-7-11/h2-9H2,1H3/q+1. The van der Waals surface area contributed by atoms with Gasteiger partial charge in [0.2, 0.25) is 5.84 Å². The van der Waals surface area contributed by atoms with E-state index in [1.54, 1.807) is 0 Å². The second-order valence-electron chi connectivity index (χ2n) is 3.94. The summed E-state index contributed by atoms with van der Waals surface area (Å²) in [5, 5.41) is 0. The van der Waals surface area contributed by atoms with Gasteiger partial charge in [-0.15, -0.1) is 0 Å². The molecule has 2 heteroatoms. The van der Waals surface area contributed by atoms with Crippen LogP contribution in [0.1, 0.15) is 32.6 Å². The first-order valence-corrected chi connectivity index (χ1v) is 5.21. The highest BCUT2D eigenvalue weighted by atomic mass is 15.2. The third-order valence-electron chi connectivity index (χ3n) is 3.13. The van der Waals surface area contributed by atoms with Gasteiger partial charge in [-0.3, -0.25) is 9.48 Å². The molecule has 0 aliphatic carbocycles. The molecule has 2 saturated heterocycles. The average Bonchev–Trinajstić information content (AvgIpc) is 2.03. The van der Waals surface area contributed by atoms with E-state index in [1.807, 2.05) is 0 Å². The molecule has 0 saturated carbocycles. The molecule has 0 unspecified atom stereocenters. The Labute approximate surface area is 74.9 Å². The minimum absolute atomic E-state index is 1.29. The molecule has 0 atom stereocenters. The molecule has 0 amide bonds. The van der Waals surface area contributed by atoms with Gasteiger partial charge in [0, 0.05) is 13.3 Å². The maximum Gasteiger partial charge on any atom is 0.243 e. The van der Waals surface area contributed by atoms with Crippen molar-refractivity contribution < 1.29 is 4.58 Å². The summed E-state index contributed by atoms with van der Waals surface area (Å²) in [7, 11) is 0. The average molecular weight is 167 g/mol. The summed E-state index contributed by atoms with van der Waals surface area (Å²) in [6.07, 6.45) is 5.62. The normalized spacial score (nSPS) is 23.8. The van der Waals surface area contributed by atoms with E-state index >= 15 is 0 Å². The summed E-state index contributed by atoms with van der Waals surface area (Å²) in [6.45, 7) is 7.46. The van der Waals surface area contributed by atoms with E-state index in [9.17, 15) is 0 Å². The third kappa shape index (κ3) is 1.47. The lowest BCUT2D eigenvalue weighted by Crippen LogP contribution is -2.43. The highest BCUT2D eigenvalue weighted by molar-refractivity contribution is 5.74. The van der Waals surface area contributed by atoms with E-state index in [4.69, 9.17) is 0 Å². The number of hydrogen-bond donors (Lipinski definition) is 0. The van der Waals surface area contributed by atoms with Crippen molar-refractivity contribution in [2.24, 2.45) is 0 Å². The molecular formula is C10H19N2+. The summed E-state index contributed by atoms with van der Waals surface area (Å²) in [4.78, 5) is 2.56. The van der Waals surface area contributed by atoms with Gasteiger partial charge >= 0.3 is 0 Å². The zero-order valence-electron chi connectivity index (χ0n) is 8.05. The molecular weight excluding hydrogens is 148 g/mol. The lowest BCUT2D eigenvalue weighted by atomic mass is 10.1. The van der Waals surface area contributed by atoms with Crippen molar-refractivity contribution in [3.05, 3.63) is 0 Å². The predicted octanol–water partition coefficient (Wildman–Crippen LogP) is 1.31. The van der Waals surface area contributed by atoms with Crippen LogP contribution in [0.3, 0.4) is 0 Å². The number of piperidine rings is 1. The summed E-state index contributed by atoms with van der Waals surface area (Å²) in [5.41, 5.74) is 0. The maximum absolute atomic E-state index is 2.56. The molecule has 2 nitrogen and oxygen atoms in total. The van der Waals surface area contributed by atoms with Crippen molar-refractivity contribution in [2.45, 2.75) is 32.6 Å². The third-order valence-corrected chi connectivity index (χ3v) is 3.13. The Balaban J connectivity index is 1.97. The minimum atomic E-state index is 1.29. The monoisotopic (exact) mass is 167 g/mol. The molecule has 0 aromatic heterocycles. The fraction of sp³-hybridized carbons (Fsp3) is 0.900. The Kier molecular flexibility index (Phi) is 2.33. The Morgan fingerprint density at radius 2 is 1.67 bits per heavy atom. The second-order valence-corrected chi connectivity index (χ2v) is 3.94. The van der Waals surface area contributed by atoms with Crippen LogP contribution in [0.25, 0.3) is 0 Å². The quantitative estimate of drug-likeness (QED) is 0.389. The molecule has 2 heterocycles. The molecule has 12 heavy (non-hydrogen) atoms. The van der Waals surface area contributed by atoms with Crippen LogP contribution >= 0.6 is 0 Å². The number of amidine groups is 1. The van der Waals surface area contributed by atoms with Crippen LogP contribution in [0.5, 0.6) is 0 Å². The second kappa shape index (κ2) is 3.46. The lowest BCUT2D eigenvalue weighted by molar-refractivity contribution is -0.588. The van der Waals surface area contributed by atoms with Crippen LogP contribution in [0, 0.1) is 0 Å². The SMILES string of the molecule is CC(N1CCCCC1)=[N+]1CCC1. The smallest absolute Gasteiger partial charge is 0.243 e. The Hall–Kier alpha value is -0.530. The molecule has 0 aromatic rings. The molecule has 68 valence electrons. The lowest BCUT2D eigenvalue weighted by Gasteiger charge is -2.27. The first kappa shape index (κ1) is 8.09. The molecule has 2 fully saturated rings. The zero-order valence-corrected chi connectivity index (χ0v) is 8.05. The Morgan fingerprint density at radius 3 is 2.17 bits per heavy atom. The van der Waals surface area contributed by atoms with E-state index in [0.717, 1.165) is 0 Å². The van der Waals surface area contributed by atoms with Crippen LogP contribution in [-0.4, -0.2) is 41.5 Å². The molecule has 0 N–H and O–H groups in total. The van der Waals surface area contributed by atoms with E-state index in [1.165, 1.54) is 57.7 Å². The highest BCUT2D eigenvalue weighted by Gasteiger charge is 2.23. The number of nitrogens with zero attached hydrogens (tertiary/aromatic N) is 2. The van der Waals surface area contributed by atoms with Gasteiger partial charge in [-0.2, -0.15) is 0 Å². The van der Waals surface area contributed by atoms with Gasteiger partial charge in [0.1, 0.15) is 0 Å². The molecule has 0 bridgehead atoms. The zero-order chi connectivity index (χ0) is 8.39. The van der Waals surface area contributed by atoms with E-state index in [-0.39, 0.29) is 0 Å². The van der Waals surface area contributed by atoms with Gasteiger partial charge in [0.15, 0.2) is 0 Å². The van der Waals surface area contributed by atoms with Gasteiger partial charge in [-0.05, 0) is 19.3 Å². The summed E-state index contributed by atoms with van der Waals surface area (Å²) < 4.78 is 2.51. The van der Waals surface area contributed by atoms with Gasteiger partial charge in [0.25, 0.3) is 0 Å². The van der Waals surface area contributed by atoms with Crippen LogP contribution in [0.4, 0.5) is 0 Å². The van der Waals surface area contributed by atoms with E-state index in [0.29, 0.717) is 0 Å². The molecule has 0 aromatic carbocycles. The molecule has 2 aliphatic rings. The highest BCUT2D eigenvalue weighted by Crippen LogP contribution is 2.10. The summed E-state index contributed by atoms with van der Waals surface area (Å²) >= 11 is 0. The first-order chi connectivity index (χ1) is 5.88. The van der Waals surface area contributed by atoms with Crippen molar-refractivity contribution in [2.75, 3.05) is 26.2 Å². The number of likely N-dealkylation sites (tertiary alicyclic amines) is 1. The van der Waals surface area contributed by atoms with Crippen molar-refractivity contribution >= 4 is 5.84 Å². The number of rotatable bonds is 0. The summed E-state index contributed by atoms with van der Waals surface area (Å²) in [5.74, 6) is 1.53. The van der Waals surface area contributed by atoms with Crippen molar-refractivity contribution in [3.8, 4) is 0 Å². The summed E-state index contributed by atoms with van der Waals surface area (Å²) in [6, 6.07) is 0. The molecule has 2 rings (SSSR count). The van der Waals surface area contributed by atoms with Gasteiger partial charge < -0.3 is 0 Å². The van der Waals surface area contributed by atoms with E-state index in [2.05, 4.69) is 16.4 Å². The maximum atomic E-state index is 2.56. The Bertz CT molecular complexity index is 184. The van der Waals surface area contributed by atoms with Crippen LogP contribution in [0.2, 0.25) is 0 Å². The minimum Gasteiger partial charge on any atom is -0.266 e.